The molecule has 12 nitrogen and oxygen atoms in total. The van der Waals surface area contributed by atoms with Gasteiger partial charge in [-0.1, -0.05) is 18.2 Å². The van der Waals surface area contributed by atoms with E-state index in [1.165, 1.54) is 19.2 Å². The molecule has 13 heteroatoms. The highest BCUT2D eigenvalue weighted by Gasteiger charge is 2.28. The number of amides is 2. The van der Waals surface area contributed by atoms with Crippen LogP contribution in [-0.2, 0) is 17.7 Å². The lowest BCUT2D eigenvalue weighted by atomic mass is 10.0. The van der Waals surface area contributed by atoms with Crippen LogP contribution in [-0.4, -0.2) is 39.8 Å². The summed E-state index contributed by atoms with van der Waals surface area (Å²) in [5, 5.41) is 16.9. The molecule has 3 aromatic rings. The quantitative estimate of drug-likeness (QED) is 0.217. The molecular weight excluding hydrogens is 523 g/mol. The fraction of sp³-hybridized carbons (Fsp3) is 0.222. The van der Waals surface area contributed by atoms with Gasteiger partial charge in [-0.25, -0.2) is 19.2 Å². The zero-order valence-electron chi connectivity index (χ0n) is 21.6. The first-order valence-electron chi connectivity index (χ1n) is 12.1. The highest BCUT2D eigenvalue weighted by Crippen LogP contribution is 2.32. The number of aromatic nitrogens is 2. The molecule has 1 aliphatic rings. The third kappa shape index (κ3) is 5.93. The number of nitrogens with one attached hydrogen (secondary N) is 2. The van der Waals surface area contributed by atoms with Gasteiger partial charge in [-0.2, -0.15) is 0 Å². The van der Waals surface area contributed by atoms with Gasteiger partial charge < -0.3 is 21.1 Å². The molecule has 0 saturated heterocycles. The number of methoxy groups -OCH3 is 1. The first-order valence-corrected chi connectivity index (χ1v) is 12.1. The number of hydrogen-bond donors (Lipinski definition) is 3. The molecule has 0 radical (unpaired) electrons. The number of carbonyl (C=O) groups is 3. The SMILES string of the molecule is COC(=O)c1ccc2c(c1)CC[C@@H]2NC(=O)c1cc(C(=O)NCc2ccc(F)c(C)c2)nc(C(=CN)[N+](=O)[O-])n1. The molecule has 206 valence electrons. The van der Waals surface area contributed by atoms with E-state index >= 15 is 0 Å². The van der Waals surface area contributed by atoms with Crippen LogP contribution in [0.1, 0.15) is 71.9 Å². The van der Waals surface area contributed by atoms with Crippen LogP contribution in [0.3, 0.4) is 0 Å². The lowest BCUT2D eigenvalue weighted by Crippen LogP contribution is -2.30. The van der Waals surface area contributed by atoms with E-state index in [1.807, 2.05) is 0 Å². The summed E-state index contributed by atoms with van der Waals surface area (Å²) in [4.78, 5) is 56.6. The molecule has 0 unspecified atom stereocenters. The number of carbonyl (C=O) groups excluding carboxylic acids is 3. The highest BCUT2D eigenvalue weighted by molar-refractivity contribution is 5.98. The zero-order chi connectivity index (χ0) is 29.0. The number of esters is 1. The third-order valence-electron chi connectivity index (χ3n) is 6.40. The van der Waals surface area contributed by atoms with E-state index < -0.39 is 40.3 Å². The largest absolute Gasteiger partial charge is 0.465 e. The Morgan fingerprint density at radius 2 is 1.88 bits per heavy atom. The normalized spacial score (nSPS) is 14.3. The Hall–Kier alpha value is -5.20. The second-order valence-electron chi connectivity index (χ2n) is 9.01. The number of fused-ring (bicyclic) bond motifs is 1. The summed E-state index contributed by atoms with van der Waals surface area (Å²) < 4.78 is 18.3. The average Bonchev–Trinajstić information content (AvgIpc) is 3.34. The number of rotatable bonds is 8. The van der Waals surface area contributed by atoms with Crippen LogP contribution in [0.15, 0.2) is 48.7 Å². The zero-order valence-corrected chi connectivity index (χ0v) is 21.6. The van der Waals surface area contributed by atoms with Crippen molar-refractivity contribution in [3.8, 4) is 0 Å². The van der Waals surface area contributed by atoms with E-state index in [1.54, 1.807) is 31.2 Å². The summed E-state index contributed by atoms with van der Waals surface area (Å²) in [5.74, 6) is -2.81. The number of aryl methyl sites for hydroxylation is 2. The molecule has 1 aromatic heterocycles. The van der Waals surface area contributed by atoms with Crippen molar-refractivity contribution in [1.29, 1.82) is 0 Å². The number of nitrogens with zero attached hydrogens (tertiary/aromatic N) is 3. The topological polar surface area (TPSA) is 179 Å². The van der Waals surface area contributed by atoms with Gasteiger partial charge in [0.1, 0.15) is 17.2 Å². The van der Waals surface area contributed by atoms with Gasteiger partial charge >= 0.3 is 11.7 Å². The number of halogens is 1. The van der Waals surface area contributed by atoms with Gasteiger partial charge in [-0.15, -0.1) is 0 Å². The van der Waals surface area contributed by atoms with Crippen molar-refractivity contribution in [3.63, 3.8) is 0 Å². The average molecular weight is 549 g/mol. The lowest BCUT2D eigenvalue weighted by Gasteiger charge is -2.15. The molecule has 0 spiro atoms. The Labute approximate surface area is 227 Å². The summed E-state index contributed by atoms with van der Waals surface area (Å²) in [7, 11) is 1.29. The van der Waals surface area contributed by atoms with E-state index in [0.717, 1.165) is 17.2 Å². The maximum absolute atomic E-state index is 13.6. The van der Waals surface area contributed by atoms with E-state index in [0.29, 0.717) is 35.7 Å². The Balaban J connectivity index is 1.59. The van der Waals surface area contributed by atoms with Gasteiger partial charge in [-0.3, -0.25) is 19.7 Å². The predicted molar refractivity (Wildman–Crippen MR) is 140 cm³/mol. The van der Waals surface area contributed by atoms with Crippen LogP contribution < -0.4 is 16.4 Å². The summed E-state index contributed by atoms with van der Waals surface area (Å²) >= 11 is 0. The molecular formula is C27H25FN6O6. The Morgan fingerprint density at radius 1 is 1.15 bits per heavy atom. The number of nitrogens with two attached hydrogens (primary N) is 1. The Bertz CT molecular complexity index is 1560. The van der Waals surface area contributed by atoms with E-state index in [4.69, 9.17) is 10.5 Å². The van der Waals surface area contributed by atoms with Gasteiger partial charge in [0.05, 0.1) is 29.8 Å². The predicted octanol–water partition coefficient (Wildman–Crippen LogP) is 2.59. The maximum Gasteiger partial charge on any atom is 0.337 e. The minimum atomic E-state index is -0.827. The Kier molecular flexibility index (Phi) is 8.12. The summed E-state index contributed by atoms with van der Waals surface area (Å²) in [6.07, 6.45) is 1.81. The molecule has 40 heavy (non-hydrogen) atoms. The second kappa shape index (κ2) is 11.7. The van der Waals surface area contributed by atoms with E-state index in [2.05, 4.69) is 20.6 Å². The molecule has 0 bridgehead atoms. The summed E-state index contributed by atoms with van der Waals surface area (Å²) in [6.45, 7) is 1.60. The third-order valence-corrected chi connectivity index (χ3v) is 6.40. The first-order chi connectivity index (χ1) is 19.1. The van der Waals surface area contributed by atoms with Crippen LogP contribution in [0.25, 0.3) is 5.70 Å². The van der Waals surface area contributed by atoms with Gasteiger partial charge in [0.15, 0.2) is 0 Å². The van der Waals surface area contributed by atoms with Crippen LogP contribution in [0.5, 0.6) is 0 Å². The highest BCUT2D eigenvalue weighted by atomic mass is 19.1. The minimum absolute atomic E-state index is 0.0159. The number of ether oxygens (including phenoxy) is 1. The van der Waals surface area contributed by atoms with Crippen molar-refractivity contribution in [2.75, 3.05) is 7.11 Å². The minimum Gasteiger partial charge on any atom is -0.465 e. The lowest BCUT2D eigenvalue weighted by molar-refractivity contribution is -0.376. The fourth-order valence-electron chi connectivity index (χ4n) is 4.35. The Morgan fingerprint density at radius 3 is 2.52 bits per heavy atom. The first kappa shape index (κ1) is 27.8. The molecule has 0 aliphatic heterocycles. The molecule has 4 N–H and O–H groups in total. The van der Waals surface area contributed by atoms with Gasteiger partial charge in [0, 0.05) is 12.6 Å². The molecule has 2 aromatic carbocycles. The molecule has 1 heterocycles. The summed E-state index contributed by atoms with van der Waals surface area (Å²) in [5.41, 5.74) is 7.19. The van der Waals surface area contributed by atoms with Crippen LogP contribution in [0, 0.1) is 22.9 Å². The summed E-state index contributed by atoms with van der Waals surface area (Å²) in [6, 6.07) is 10.1. The molecule has 1 atom stereocenters. The van der Waals surface area contributed by atoms with Crippen LogP contribution in [0.4, 0.5) is 4.39 Å². The van der Waals surface area contributed by atoms with E-state index in [9.17, 15) is 28.9 Å². The van der Waals surface area contributed by atoms with Crippen molar-refractivity contribution >= 4 is 23.5 Å². The van der Waals surface area contributed by atoms with Crippen LogP contribution in [0.2, 0.25) is 0 Å². The smallest absolute Gasteiger partial charge is 0.337 e. The van der Waals surface area contributed by atoms with Gasteiger partial charge in [0.2, 0.25) is 5.82 Å². The van der Waals surface area contributed by atoms with Crippen molar-refractivity contribution < 1.29 is 28.4 Å². The standard InChI is InChI=1S/C27H25FN6O6/c1-14-9-15(3-7-19(14)28)13-30-25(35)21-11-22(32-24(31-21)23(12-29)34(38)39)26(36)33-20-8-5-16-10-17(27(37)40-2)4-6-18(16)20/h3-4,6-7,9-12,20H,5,8,13,29H2,1-2H3,(H,30,35)(H,33,36)/t20-/m0/s1. The molecule has 1 aliphatic carbocycles. The molecule has 0 saturated carbocycles. The second-order valence-corrected chi connectivity index (χ2v) is 9.01. The van der Waals surface area contributed by atoms with Crippen LogP contribution >= 0.6 is 0 Å². The molecule has 2 amide bonds. The number of benzene rings is 2. The van der Waals surface area contributed by atoms with Gasteiger partial charge in [0.25, 0.3) is 11.8 Å². The fourth-order valence-corrected chi connectivity index (χ4v) is 4.35. The van der Waals surface area contributed by atoms with Gasteiger partial charge in [-0.05, 0) is 60.2 Å². The number of nitro groups is 1. The maximum atomic E-state index is 13.6. The van der Waals surface area contributed by atoms with E-state index in [-0.39, 0.29) is 23.7 Å². The molecule has 4 rings (SSSR count). The van der Waals surface area contributed by atoms with Crippen molar-refractivity contribution in [2.24, 2.45) is 5.73 Å². The molecule has 0 fully saturated rings. The van der Waals surface area contributed by atoms with Crippen molar-refractivity contribution in [2.45, 2.75) is 32.4 Å². The van der Waals surface area contributed by atoms with Crippen molar-refractivity contribution in [3.05, 3.63) is 110 Å². The van der Waals surface area contributed by atoms with Crippen molar-refractivity contribution in [1.82, 2.24) is 20.6 Å². The number of hydrogen-bond acceptors (Lipinski definition) is 9. The monoisotopic (exact) mass is 548 g/mol.